The van der Waals surface area contributed by atoms with Gasteiger partial charge in [-0.25, -0.2) is 8.42 Å². The van der Waals surface area contributed by atoms with E-state index < -0.39 is 22.0 Å². The van der Waals surface area contributed by atoms with Crippen LogP contribution in [0.4, 0.5) is 0 Å². The summed E-state index contributed by atoms with van der Waals surface area (Å²) in [6.45, 7) is 3.39. The molecule has 1 aliphatic heterocycles. The third-order valence-corrected chi connectivity index (χ3v) is 8.43. The molecule has 0 spiro atoms. The summed E-state index contributed by atoms with van der Waals surface area (Å²) in [4.78, 5) is 39.6. The van der Waals surface area contributed by atoms with Crippen molar-refractivity contribution in [3.05, 3.63) is 99.6 Å². The van der Waals surface area contributed by atoms with Crippen molar-refractivity contribution in [1.82, 2.24) is 4.31 Å². The Labute approximate surface area is 203 Å². The maximum absolute atomic E-state index is 13.7. The lowest BCUT2D eigenvalue weighted by Crippen LogP contribution is -2.49. The highest BCUT2D eigenvalue weighted by molar-refractivity contribution is 7.89. The smallest absolute Gasteiger partial charge is 0.324 e. The molecular weight excluding hydrogens is 466 g/mol. The third-order valence-electron chi connectivity index (χ3n) is 6.56. The van der Waals surface area contributed by atoms with Crippen LogP contribution in [0.2, 0.25) is 0 Å². The molecule has 0 bridgehead atoms. The predicted octanol–water partition coefficient (Wildman–Crippen LogP) is 3.45. The molecule has 35 heavy (non-hydrogen) atoms. The third kappa shape index (κ3) is 3.69. The number of hydrogen-bond donors (Lipinski definition) is 0. The molecule has 0 radical (unpaired) electrons. The number of sulfonamides is 1. The summed E-state index contributed by atoms with van der Waals surface area (Å²) < 4.78 is 33.7. The fourth-order valence-corrected chi connectivity index (χ4v) is 6.33. The average molecular weight is 490 g/mol. The fourth-order valence-electron chi connectivity index (χ4n) is 4.78. The van der Waals surface area contributed by atoms with Gasteiger partial charge in [-0.05, 0) is 43.2 Å². The Hall–Kier alpha value is -3.62. The molecule has 3 aromatic rings. The van der Waals surface area contributed by atoms with Gasteiger partial charge in [-0.2, -0.15) is 4.31 Å². The Kier molecular flexibility index (Phi) is 5.65. The normalized spacial score (nSPS) is 17.4. The van der Waals surface area contributed by atoms with Gasteiger partial charge in [-0.1, -0.05) is 48.0 Å². The van der Waals surface area contributed by atoms with Crippen molar-refractivity contribution in [2.45, 2.75) is 37.8 Å². The van der Waals surface area contributed by atoms with Crippen LogP contribution in [-0.2, 0) is 32.5 Å². The molecule has 1 aliphatic carbocycles. The van der Waals surface area contributed by atoms with Gasteiger partial charge in [-0.15, -0.1) is 0 Å². The van der Waals surface area contributed by atoms with E-state index in [1.54, 1.807) is 55.5 Å². The van der Waals surface area contributed by atoms with Crippen molar-refractivity contribution < 1.29 is 27.5 Å². The van der Waals surface area contributed by atoms with Crippen LogP contribution in [0.5, 0.6) is 0 Å². The summed E-state index contributed by atoms with van der Waals surface area (Å²) in [5, 5.41) is 0. The van der Waals surface area contributed by atoms with Crippen LogP contribution >= 0.6 is 0 Å². The summed E-state index contributed by atoms with van der Waals surface area (Å²) in [6, 6.07) is 15.2. The largest absolute Gasteiger partial charge is 0.465 e. The number of esters is 1. The molecule has 2 aliphatic rings. The molecule has 0 saturated heterocycles. The number of carbonyl (C=O) groups is 3. The number of carbonyl (C=O) groups excluding carboxylic acids is 3. The van der Waals surface area contributed by atoms with E-state index in [2.05, 4.69) is 0 Å². The zero-order chi connectivity index (χ0) is 24.9. The van der Waals surface area contributed by atoms with Crippen molar-refractivity contribution in [2.75, 3.05) is 6.61 Å². The second kappa shape index (κ2) is 8.55. The molecule has 7 nitrogen and oxygen atoms in total. The Morgan fingerprint density at radius 1 is 0.943 bits per heavy atom. The van der Waals surface area contributed by atoms with Gasteiger partial charge < -0.3 is 4.74 Å². The molecule has 178 valence electrons. The number of hydrogen-bond acceptors (Lipinski definition) is 6. The number of benzene rings is 3. The first-order valence-electron chi connectivity index (χ1n) is 11.3. The van der Waals surface area contributed by atoms with Crippen molar-refractivity contribution in [3.63, 3.8) is 0 Å². The van der Waals surface area contributed by atoms with Crippen LogP contribution in [-0.4, -0.2) is 42.9 Å². The van der Waals surface area contributed by atoms with Crippen molar-refractivity contribution >= 4 is 27.6 Å². The highest BCUT2D eigenvalue weighted by Crippen LogP contribution is 2.37. The van der Waals surface area contributed by atoms with Crippen molar-refractivity contribution in [1.29, 1.82) is 0 Å². The standard InChI is InChI=1S/C27H23NO6S/c1-3-34-27(31)23-14-17-10-13-21-24(26(30)20-7-5-4-6-19(20)25(21)29)22(17)15-28(23)35(32,33)18-11-8-16(2)9-12-18/h4-13,23H,3,14-15H2,1-2H3. The van der Waals surface area contributed by atoms with Gasteiger partial charge in [0.25, 0.3) is 0 Å². The molecule has 0 N–H and O–H groups in total. The minimum Gasteiger partial charge on any atom is -0.465 e. The summed E-state index contributed by atoms with van der Waals surface area (Å²) in [6.07, 6.45) is 0.0374. The van der Waals surface area contributed by atoms with Crippen LogP contribution < -0.4 is 0 Å². The van der Waals surface area contributed by atoms with E-state index in [9.17, 15) is 22.8 Å². The van der Waals surface area contributed by atoms with E-state index >= 15 is 0 Å². The Bertz CT molecular complexity index is 1490. The lowest BCUT2D eigenvalue weighted by atomic mass is 9.79. The van der Waals surface area contributed by atoms with E-state index in [0.29, 0.717) is 22.3 Å². The van der Waals surface area contributed by atoms with Crippen molar-refractivity contribution in [2.24, 2.45) is 0 Å². The van der Waals surface area contributed by atoms with Gasteiger partial charge in [0.1, 0.15) is 6.04 Å². The molecule has 0 saturated carbocycles. The molecule has 3 aromatic carbocycles. The number of rotatable bonds is 4. The van der Waals surface area contributed by atoms with E-state index in [1.165, 1.54) is 12.1 Å². The monoisotopic (exact) mass is 489 g/mol. The molecule has 8 heteroatoms. The number of aryl methyl sites for hydroxylation is 1. The van der Waals surface area contributed by atoms with Crippen LogP contribution in [0.25, 0.3) is 0 Å². The fraction of sp³-hybridized carbons (Fsp3) is 0.222. The number of fused-ring (bicyclic) bond motifs is 4. The van der Waals surface area contributed by atoms with Crippen LogP contribution in [0.1, 0.15) is 55.5 Å². The first-order valence-corrected chi connectivity index (χ1v) is 12.8. The quantitative estimate of drug-likeness (QED) is 0.407. The van der Waals surface area contributed by atoms with Gasteiger partial charge in [0.2, 0.25) is 10.0 Å². The summed E-state index contributed by atoms with van der Waals surface area (Å²) >= 11 is 0. The molecule has 0 fully saturated rings. The van der Waals surface area contributed by atoms with Gasteiger partial charge in [0.15, 0.2) is 11.6 Å². The zero-order valence-corrected chi connectivity index (χ0v) is 20.1. The average Bonchev–Trinajstić information content (AvgIpc) is 2.86. The first-order chi connectivity index (χ1) is 16.7. The van der Waals surface area contributed by atoms with Crippen LogP contribution in [0.15, 0.2) is 65.6 Å². The molecule has 5 rings (SSSR count). The predicted molar refractivity (Wildman–Crippen MR) is 128 cm³/mol. The molecule has 0 aromatic heterocycles. The first kappa shape index (κ1) is 23.1. The second-order valence-corrected chi connectivity index (χ2v) is 10.6. The molecular formula is C27H23NO6S. The summed E-state index contributed by atoms with van der Waals surface area (Å²) in [7, 11) is -4.12. The van der Waals surface area contributed by atoms with Gasteiger partial charge in [0.05, 0.1) is 11.5 Å². The Morgan fingerprint density at radius 3 is 2.26 bits per heavy atom. The van der Waals surface area contributed by atoms with E-state index in [-0.39, 0.29) is 47.2 Å². The van der Waals surface area contributed by atoms with Gasteiger partial charge in [0, 0.05) is 35.2 Å². The summed E-state index contributed by atoms with van der Waals surface area (Å²) in [5.74, 6) is -1.26. The second-order valence-electron chi connectivity index (χ2n) is 8.66. The number of ether oxygens (including phenoxy) is 1. The van der Waals surface area contributed by atoms with E-state index in [1.807, 2.05) is 6.92 Å². The number of ketones is 2. The van der Waals surface area contributed by atoms with Gasteiger partial charge in [-0.3, -0.25) is 14.4 Å². The maximum Gasteiger partial charge on any atom is 0.324 e. The minimum atomic E-state index is -4.12. The Balaban J connectivity index is 1.67. The summed E-state index contributed by atoms with van der Waals surface area (Å²) in [5.41, 5.74) is 3.07. The highest BCUT2D eigenvalue weighted by atomic mass is 32.2. The van der Waals surface area contributed by atoms with Crippen molar-refractivity contribution in [3.8, 4) is 0 Å². The van der Waals surface area contributed by atoms with Crippen LogP contribution in [0.3, 0.4) is 0 Å². The Morgan fingerprint density at radius 2 is 1.60 bits per heavy atom. The SMILES string of the molecule is CCOC(=O)C1Cc2ccc3c(c2CN1S(=O)(=O)c1ccc(C)cc1)C(=O)c1ccccc1C3=O. The molecule has 0 amide bonds. The lowest BCUT2D eigenvalue weighted by molar-refractivity contribution is -0.148. The van der Waals surface area contributed by atoms with Crippen LogP contribution in [0, 0.1) is 6.92 Å². The maximum atomic E-state index is 13.7. The zero-order valence-electron chi connectivity index (χ0n) is 19.3. The topological polar surface area (TPSA) is 97.8 Å². The highest BCUT2D eigenvalue weighted by Gasteiger charge is 2.43. The van der Waals surface area contributed by atoms with E-state index in [4.69, 9.17) is 4.74 Å². The molecule has 1 atom stereocenters. The van der Waals surface area contributed by atoms with E-state index in [0.717, 1.165) is 9.87 Å². The molecule has 1 unspecified atom stereocenters. The number of nitrogens with zero attached hydrogens (tertiary/aromatic N) is 1. The molecule has 1 heterocycles. The minimum absolute atomic E-state index is 0.0374. The lowest BCUT2D eigenvalue weighted by Gasteiger charge is -2.36. The van der Waals surface area contributed by atoms with Gasteiger partial charge >= 0.3 is 5.97 Å².